The van der Waals surface area contributed by atoms with E-state index in [1.165, 1.54) is 7.11 Å². The van der Waals surface area contributed by atoms with E-state index in [1.54, 1.807) is 0 Å². The van der Waals surface area contributed by atoms with Crippen molar-refractivity contribution in [1.82, 2.24) is 14.9 Å². The standard InChI is InChI=1S/C21H28BrN5O2/c1-16(25-28-4)18-10-5-8-17(23-18)9-7-15-29-26-20(13-14-27(2)3)19-11-6-12-21(22)24-19/h5-6,8,10-12H,7,9,13-15H2,1-4H3/b25-16+,26-20?. The molecule has 0 amide bonds. The average molecular weight is 462 g/mol. The Kier molecular flexibility index (Phi) is 9.73. The maximum atomic E-state index is 5.60. The molecule has 8 heteroatoms. The normalized spacial score (nSPS) is 12.3. The van der Waals surface area contributed by atoms with Crippen molar-refractivity contribution in [2.75, 3.05) is 34.4 Å². The Balaban J connectivity index is 1.92. The Bertz CT molecular complexity index is 839. The van der Waals surface area contributed by atoms with Crippen LogP contribution in [0.5, 0.6) is 0 Å². The molecule has 2 rings (SSSR count). The third-order valence-electron chi connectivity index (χ3n) is 4.06. The highest BCUT2D eigenvalue weighted by atomic mass is 79.9. The molecule has 0 bridgehead atoms. The molecule has 0 saturated heterocycles. The van der Waals surface area contributed by atoms with E-state index in [1.807, 2.05) is 57.4 Å². The highest BCUT2D eigenvalue weighted by molar-refractivity contribution is 9.10. The monoisotopic (exact) mass is 461 g/mol. The van der Waals surface area contributed by atoms with Gasteiger partial charge >= 0.3 is 0 Å². The molecule has 0 saturated carbocycles. The first-order valence-electron chi connectivity index (χ1n) is 9.50. The average Bonchev–Trinajstić information content (AvgIpc) is 2.70. The van der Waals surface area contributed by atoms with Gasteiger partial charge in [0.25, 0.3) is 0 Å². The molecule has 0 aliphatic carbocycles. The van der Waals surface area contributed by atoms with Gasteiger partial charge in [-0.3, -0.25) is 4.98 Å². The van der Waals surface area contributed by atoms with Crippen molar-refractivity contribution in [3.05, 3.63) is 58.1 Å². The van der Waals surface area contributed by atoms with Crippen molar-refractivity contribution < 1.29 is 9.68 Å². The molecule has 0 radical (unpaired) electrons. The fourth-order valence-electron chi connectivity index (χ4n) is 2.56. The molecule has 0 aliphatic heterocycles. The first-order chi connectivity index (χ1) is 14.0. The fourth-order valence-corrected chi connectivity index (χ4v) is 2.91. The lowest BCUT2D eigenvalue weighted by atomic mass is 10.2. The Hall–Kier alpha value is -2.32. The van der Waals surface area contributed by atoms with E-state index in [0.29, 0.717) is 6.61 Å². The van der Waals surface area contributed by atoms with E-state index >= 15 is 0 Å². The van der Waals surface area contributed by atoms with Crippen LogP contribution in [-0.2, 0) is 16.1 Å². The molecule has 2 heterocycles. The Labute approximate surface area is 180 Å². The van der Waals surface area contributed by atoms with Crippen molar-refractivity contribution in [2.24, 2.45) is 10.3 Å². The zero-order valence-corrected chi connectivity index (χ0v) is 19.0. The third-order valence-corrected chi connectivity index (χ3v) is 4.50. The number of aryl methyl sites for hydroxylation is 1. The molecular weight excluding hydrogens is 434 g/mol. The van der Waals surface area contributed by atoms with Gasteiger partial charge in [-0.1, -0.05) is 22.4 Å². The molecule has 156 valence electrons. The molecule has 29 heavy (non-hydrogen) atoms. The minimum atomic E-state index is 0.510. The number of hydrogen-bond donors (Lipinski definition) is 0. The van der Waals surface area contributed by atoms with Gasteiger partial charge in [0, 0.05) is 18.7 Å². The zero-order chi connectivity index (χ0) is 21.1. The minimum Gasteiger partial charge on any atom is -0.399 e. The fraction of sp³-hybridized carbons (Fsp3) is 0.429. The van der Waals surface area contributed by atoms with Crippen molar-refractivity contribution in [1.29, 1.82) is 0 Å². The van der Waals surface area contributed by atoms with Crippen LogP contribution in [0.4, 0.5) is 0 Å². The molecule has 0 spiro atoms. The number of oxime groups is 2. The zero-order valence-electron chi connectivity index (χ0n) is 17.4. The lowest BCUT2D eigenvalue weighted by Gasteiger charge is -2.11. The summed E-state index contributed by atoms with van der Waals surface area (Å²) in [5, 5.41) is 8.29. The predicted octanol–water partition coefficient (Wildman–Crippen LogP) is 3.91. The highest BCUT2D eigenvalue weighted by Crippen LogP contribution is 2.10. The van der Waals surface area contributed by atoms with Crippen LogP contribution in [0, 0.1) is 0 Å². The molecular formula is C21H28BrN5O2. The maximum absolute atomic E-state index is 5.60. The summed E-state index contributed by atoms with van der Waals surface area (Å²) in [4.78, 5) is 21.6. The van der Waals surface area contributed by atoms with E-state index < -0.39 is 0 Å². The second kappa shape index (κ2) is 12.3. The first-order valence-corrected chi connectivity index (χ1v) is 10.3. The smallest absolute Gasteiger partial charge is 0.117 e. The van der Waals surface area contributed by atoms with Crippen LogP contribution < -0.4 is 0 Å². The van der Waals surface area contributed by atoms with Gasteiger partial charge in [0.1, 0.15) is 29.7 Å². The predicted molar refractivity (Wildman–Crippen MR) is 119 cm³/mol. The van der Waals surface area contributed by atoms with Crippen LogP contribution in [0.15, 0.2) is 51.3 Å². The van der Waals surface area contributed by atoms with Crippen molar-refractivity contribution in [2.45, 2.75) is 26.2 Å². The summed E-state index contributed by atoms with van der Waals surface area (Å²) >= 11 is 3.41. The maximum Gasteiger partial charge on any atom is 0.117 e. The van der Waals surface area contributed by atoms with E-state index in [9.17, 15) is 0 Å². The van der Waals surface area contributed by atoms with Crippen molar-refractivity contribution in [3.63, 3.8) is 0 Å². The van der Waals surface area contributed by atoms with Gasteiger partial charge in [0.2, 0.25) is 0 Å². The topological polar surface area (TPSA) is 72.2 Å². The number of hydrogen-bond acceptors (Lipinski definition) is 7. The van der Waals surface area contributed by atoms with Gasteiger partial charge in [-0.25, -0.2) is 4.98 Å². The number of pyridine rings is 2. The molecule has 7 nitrogen and oxygen atoms in total. The van der Waals surface area contributed by atoms with Crippen LogP contribution >= 0.6 is 15.9 Å². The van der Waals surface area contributed by atoms with Crippen molar-refractivity contribution >= 4 is 27.4 Å². The van der Waals surface area contributed by atoms with Gasteiger partial charge in [-0.2, -0.15) is 0 Å². The SMILES string of the molecule is CO/N=C(\C)c1cccc(CCCON=C(CCN(C)C)c2cccc(Br)n2)n1. The van der Waals surface area contributed by atoms with Gasteiger partial charge in [0.15, 0.2) is 0 Å². The quantitative estimate of drug-likeness (QED) is 0.219. The molecule has 2 aromatic heterocycles. The van der Waals surface area contributed by atoms with Crippen LogP contribution in [0.25, 0.3) is 0 Å². The summed E-state index contributed by atoms with van der Waals surface area (Å²) in [7, 11) is 5.60. The van der Waals surface area contributed by atoms with Crippen LogP contribution in [0.3, 0.4) is 0 Å². The van der Waals surface area contributed by atoms with Gasteiger partial charge in [-0.05, 0) is 74.1 Å². The van der Waals surface area contributed by atoms with Crippen LogP contribution in [0.2, 0.25) is 0 Å². The second-order valence-electron chi connectivity index (χ2n) is 6.75. The summed E-state index contributed by atoms with van der Waals surface area (Å²) in [5.41, 5.74) is 4.22. The number of rotatable bonds is 11. The lowest BCUT2D eigenvalue weighted by Crippen LogP contribution is -2.18. The van der Waals surface area contributed by atoms with E-state index in [0.717, 1.165) is 58.9 Å². The first kappa shape index (κ1) is 23.0. The molecule has 0 N–H and O–H groups in total. The Morgan fingerprint density at radius 2 is 1.83 bits per heavy atom. The number of nitrogens with zero attached hydrogens (tertiary/aromatic N) is 5. The molecule has 0 fully saturated rings. The van der Waals surface area contributed by atoms with Crippen molar-refractivity contribution in [3.8, 4) is 0 Å². The summed E-state index contributed by atoms with van der Waals surface area (Å²) in [6.45, 7) is 3.25. The van der Waals surface area contributed by atoms with Gasteiger partial charge in [0.05, 0.1) is 11.4 Å². The lowest BCUT2D eigenvalue weighted by molar-refractivity contribution is 0.141. The second-order valence-corrected chi connectivity index (χ2v) is 7.56. The summed E-state index contributed by atoms with van der Waals surface area (Å²) in [5.74, 6) is 0. The molecule has 2 aromatic rings. The Morgan fingerprint density at radius 1 is 1.07 bits per heavy atom. The number of halogens is 1. The molecule has 0 unspecified atom stereocenters. The molecule has 0 aliphatic rings. The van der Waals surface area contributed by atoms with E-state index in [2.05, 4.69) is 41.1 Å². The van der Waals surface area contributed by atoms with Crippen LogP contribution in [0.1, 0.15) is 36.8 Å². The van der Waals surface area contributed by atoms with Crippen LogP contribution in [-0.4, -0.2) is 60.6 Å². The highest BCUT2D eigenvalue weighted by Gasteiger charge is 2.08. The summed E-state index contributed by atoms with van der Waals surface area (Å²) < 4.78 is 0.783. The van der Waals surface area contributed by atoms with Gasteiger partial charge in [-0.15, -0.1) is 0 Å². The minimum absolute atomic E-state index is 0.510. The van der Waals surface area contributed by atoms with Gasteiger partial charge < -0.3 is 14.6 Å². The third kappa shape index (κ3) is 8.29. The summed E-state index contributed by atoms with van der Waals surface area (Å²) in [6.07, 6.45) is 2.37. The van der Waals surface area contributed by atoms with E-state index in [4.69, 9.17) is 9.68 Å². The Morgan fingerprint density at radius 3 is 2.55 bits per heavy atom. The van der Waals surface area contributed by atoms with E-state index in [-0.39, 0.29) is 0 Å². The summed E-state index contributed by atoms with van der Waals surface area (Å²) in [6, 6.07) is 11.7. The number of aromatic nitrogens is 2. The molecule has 0 aromatic carbocycles. The molecule has 0 atom stereocenters. The largest absolute Gasteiger partial charge is 0.399 e.